The normalized spacial score (nSPS) is 13.0. The minimum Gasteiger partial charge on any atom is -0.454 e. The SMILES string of the molecule is CCC(=O)Nc1nnc(S(=O)(=O)NCc2ccc3c(c2)OCO3)s1. The highest BCUT2D eigenvalue weighted by molar-refractivity contribution is 7.91. The number of nitrogens with zero attached hydrogens (tertiary/aromatic N) is 2. The van der Waals surface area contributed by atoms with Gasteiger partial charge in [0.1, 0.15) is 0 Å². The Morgan fingerprint density at radius 3 is 2.88 bits per heavy atom. The van der Waals surface area contributed by atoms with E-state index in [9.17, 15) is 13.2 Å². The molecule has 1 amide bonds. The molecule has 128 valence electrons. The van der Waals surface area contributed by atoms with Gasteiger partial charge in [-0.25, -0.2) is 13.1 Å². The van der Waals surface area contributed by atoms with Crippen molar-refractivity contribution < 1.29 is 22.7 Å². The van der Waals surface area contributed by atoms with Crippen molar-refractivity contribution in [1.82, 2.24) is 14.9 Å². The number of amides is 1. The van der Waals surface area contributed by atoms with Crippen molar-refractivity contribution >= 4 is 32.4 Å². The number of rotatable bonds is 6. The lowest BCUT2D eigenvalue weighted by atomic mass is 10.2. The van der Waals surface area contributed by atoms with Crippen molar-refractivity contribution in [3.8, 4) is 11.5 Å². The third kappa shape index (κ3) is 3.63. The van der Waals surface area contributed by atoms with E-state index in [-0.39, 0.29) is 35.1 Å². The molecule has 9 nitrogen and oxygen atoms in total. The second-order valence-corrected chi connectivity index (χ2v) is 7.71. The van der Waals surface area contributed by atoms with E-state index in [4.69, 9.17) is 9.47 Å². The van der Waals surface area contributed by atoms with Gasteiger partial charge in [0.05, 0.1) is 0 Å². The fourth-order valence-corrected chi connectivity index (χ4v) is 3.84. The van der Waals surface area contributed by atoms with Gasteiger partial charge in [-0.15, -0.1) is 10.2 Å². The van der Waals surface area contributed by atoms with Crippen molar-refractivity contribution in [3.05, 3.63) is 23.8 Å². The largest absolute Gasteiger partial charge is 0.454 e. The number of ether oxygens (including phenoxy) is 2. The van der Waals surface area contributed by atoms with Crippen LogP contribution in [0.25, 0.3) is 0 Å². The van der Waals surface area contributed by atoms with Crippen LogP contribution in [0.5, 0.6) is 11.5 Å². The van der Waals surface area contributed by atoms with Crippen molar-refractivity contribution in [3.63, 3.8) is 0 Å². The number of anilines is 1. The Hall–Kier alpha value is -2.24. The second-order valence-electron chi connectivity index (χ2n) is 4.79. The molecule has 0 saturated carbocycles. The third-order valence-corrected chi connectivity index (χ3v) is 5.71. The third-order valence-electron chi connectivity index (χ3n) is 3.11. The number of hydrogen-bond acceptors (Lipinski definition) is 8. The Kier molecular flexibility index (Phi) is 4.64. The number of aromatic nitrogens is 2. The van der Waals surface area contributed by atoms with Crippen LogP contribution in [0.3, 0.4) is 0 Å². The smallest absolute Gasteiger partial charge is 0.270 e. The van der Waals surface area contributed by atoms with Crippen molar-refractivity contribution in [2.24, 2.45) is 0 Å². The van der Waals surface area contributed by atoms with Crippen LogP contribution >= 0.6 is 11.3 Å². The van der Waals surface area contributed by atoms with Gasteiger partial charge in [-0.2, -0.15) is 0 Å². The summed E-state index contributed by atoms with van der Waals surface area (Å²) in [5.74, 6) is 0.942. The number of fused-ring (bicyclic) bond motifs is 1. The maximum Gasteiger partial charge on any atom is 0.270 e. The number of sulfonamides is 1. The first-order valence-corrected chi connectivity index (χ1v) is 9.29. The van der Waals surface area contributed by atoms with Crippen LogP contribution in [0, 0.1) is 0 Å². The predicted molar refractivity (Wildman–Crippen MR) is 85.4 cm³/mol. The molecule has 0 atom stereocenters. The van der Waals surface area contributed by atoms with Crippen molar-refractivity contribution in [2.75, 3.05) is 12.1 Å². The maximum absolute atomic E-state index is 12.2. The molecule has 0 fully saturated rings. The first kappa shape index (κ1) is 16.6. The molecular weight excluding hydrogens is 356 g/mol. The topological polar surface area (TPSA) is 120 Å². The summed E-state index contributed by atoms with van der Waals surface area (Å²) in [5.41, 5.74) is 0.715. The Labute approximate surface area is 142 Å². The lowest BCUT2D eigenvalue weighted by Crippen LogP contribution is -2.23. The van der Waals surface area contributed by atoms with E-state index in [1.54, 1.807) is 25.1 Å². The fourth-order valence-electron chi connectivity index (χ4n) is 1.87. The Morgan fingerprint density at radius 1 is 1.29 bits per heavy atom. The minimum absolute atomic E-state index is 0.0647. The highest BCUT2D eigenvalue weighted by Gasteiger charge is 2.21. The van der Waals surface area contributed by atoms with E-state index >= 15 is 0 Å². The van der Waals surface area contributed by atoms with Crippen LogP contribution < -0.4 is 19.5 Å². The fraction of sp³-hybridized carbons (Fsp3) is 0.308. The predicted octanol–water partition coefficient (Wildman–Crippen LogP) is 1.09. The van der Waals surface area contributed by atoms with Gasteiger partial charge in [-0.1, -0.05) is 24.3 Å². The molecule has 0 spiro atoms. The molecular formula is C13H14N4O5S2. The van der Waals surface area contributed by atoms with Crippen LogP contribution in [0.4, 0.5) is 5.13 Å². The molecule has 1 aromatic heterocycles. The lowest BCUT2D eigenvalue weighted by molar-refractivity contribution is -0.115. The van der Waals surface area contributed by atoms with Crippen molar-refractivity contribution in [1.29, 1.82) is 0 Å². The quantitative estimate of drug-likeness (QED) is 0.731. The summed E-state index contributed by atoms with van der Waals surface area (Å²) in [6.07, 6.45) is 0.268. The summed E-state index contributed by atoms with van der Waals surface area (Å²) in [6.45, 7) is 1.90. The summed E-state index contributed by atoms with van der Waals surface area (Å²) in [5, 5.41) is 9.87. The van der Waals surface area contributed by atoms with E-state index in [1.807, 2.05) is 0 Å². The van der Waals surface area contributed by atoms with E-state index in [0.29, 0.717) is 17.1 Å². The highest BCUT2D eigenvalue weighted by Crippen LogP contribution is 2.32. The molecule has 2 N–H and O–H groups in total. The van der Waals surface area contributed by atoms with Crippen LogP contribution in [-0.4, -0.2) is 31.3 Å². The number of carbonyl (C=O) groups excluding carboxylic acids is 1. The molecule has 0 aliphatic carbocycles. The molecule has 1 aromatic carbocycles. The first-order valence-electron chi connectivity index (χ1n) is 6.99. The Balaban J connectivity index is 1.67. The van der Waals surface area contributed by atoms with Crippen LogP contribution in [-0.2, 0) is 21.4 Å². The van der Waals surface area contributed by atoms with Crippen LogP contribution in [0.15, 0.2) is 22.5 Å². The van der Waals surface area contributed by atoms with Crippen LogP contribution in [0.2, 0.25) is 0 Å². The zero-order valence-corrected chi connectivity index (χ0v) is 14.2. The summed E-state index contributed by atoms with van der Waals surface area (Å²) in [4.78, 5) is 11.3. The Bertz CT molecular complexity index is 865. The lowest BCUT2D eigenvalue weighted by Gasteiger charge is -2.04. The highest BCUT2D eigenvalue weighted by atomic mass is 32.2. The molecule has 11 heteroatoms. The zero-order valence-electron chi connectivity index (χ0n) is 12.6. The van der Waals surface area contributed by atoms with Gasteiger partial charge in [0.25, 0.3) is 10.0 Å². The monoisotopic (exact) mass is 370 g/mol. The molecule has 1 aliphatic rings. The molecule has 3 rings (SSSR count). The summed E-state index contributed by atoms with van der Waals surface area (Å²) < 4.78 is 37.1. The van der Waals surface area contributed by atoms with E-state index in [1.165, 1.54) is 0 Å². The molecule has 2 heterocycles. The molecule has 24 heavy (non-hydrogen) atoms. The number of carbonyl (C=O) groups is 1. The van der Waals surface area contributed by atoms with E-state index in [0.717, 1.165) is 11.3 Å². The zero-order chi connectivity index (χ0) is 17.2. The molecule has 1 aliphatic heterocycles. The van der Waals surface area contributed by atoms with Gasteiger partial charge in [0.15, 0.2) is 11.5 Å². The van der Waals surface area contributed by atoms with Gasteiger partial charge in [0.2, 0.25) is 22.2 Å². The standard InChI is InChI=1S/C13H14N4O5S2/c1-2-11(18)15-12-16-17-13(23-12)24(19,20)14-6-8-3-4-9-10(5-8)22-7-21-9/h3-5,14H,2,6-7H2,1H3,(H,15,16,18). The number of nitrogens with one attached hydrogen (secondary N) is 2. The first-order chi connectivity index (χ1) is 11.5. The Morgan fingerprint density at radius 2 is 2.08 bits per heavy atom. The van der Waals surface area contributed by atoms with Crippen molar-refractivity contribution in [2.45, 2.75) is 24.2 Å². The maximum atomic E-state index is 12.2. The minimum atomic E-state index is -3.82. The summed E-state index contributed by atoms with van der Waals surface area (Å²) in [7, 11) is -3.82. The average Bonchev–Trinajstić information content (AvgIpc) is 3.21. The number of hydrogen-bond donors (Lipinski definition) is 2. The van der Waals surface area contributed by atoms with Gasteiger partial charge >= 0.3 is 0 Å². The van der Waals surface area contributed by atoms with Gasteiger partial charge in [-0.05, 0) is 17.7 Å². The molecule has 2 aromatic rings. The van der Waals surface area contributed by atoms with Crippen LogP contribution in [0.1, 0.15) is 18.9 Å². The average molecular weight is 370 g/mol. The van der Waals surface area contributed by atoms with Gasteiger partial charge in [-0.3, -0.25) is 4.79 Å². The van der Waals surface area contributed by atoms with E-state index in [2.05, 4.69) is 20.2 Å². The van der Waals surface area contributed by atoms with Gasteiger partial charge in [0, 0.05) is 13.0 Å². The number of benzene rings is 1. The summed E-state index contributed by atoms with van der Waals surface area (Å²) in [6, 6.07) is 5.16. The molecule has 0 radical (unpaired) electrons. The second kappa shape index (κ2) is 6.71. The molecule has 0 bridgehead atoms. The molecule has 0 unspecified atom stereocenters. The molecule has 0 saturated heterocycles. The van der Waals surface area contributed by atoms with E-state index < -0.39 is 10.0 Å². The van der Waals surface area contributed by atoms with Gasteiger partial charge < -0.3 is 14.8 Å². The summed E-state index contributed by atoms with van der Waals surface area (Å²) >= 11 is 0.789.